The molecule has 3 nitrogen and oxygen atoms in total. The molecule has 0 aliphatic carbocycles. The van der Waals surface area contributed by atoms with Crippen LogP contribution in [0.3, 0.4) is 0 Å². The van der Waals surface area contributed by atoms with Crippen LogP contribution in [0, 0.1) is 5.92 Å². The van der Waals surface area contributed by atoms with Gasteiger partial charge in [-0.3, -0.25) is 4.90 Å². The molecule has 0 amide bonds. The van der Waals surface area contributed by atoms with Gasteiger partial charge >= 0.3 is 0 Å². The second-order valence-corrected chi connectivity index (χ2v) is 4.83. The van der Waals surface area contributed by atoms with E-state index in [9.17, 15) is 5.11 Å². The summed E-state index contributed by atoms with van der Waals surface area (Å²) in [6, 6.07) is 0.948. The number of aliphatic hydroxyl groups is 1. The quantitative estimate of drug-likeness (QED) is 0.735. The van der Waals surface area contributed by atoms with E-state index in [2.05, 4.69) is 31.1 Å². The lowest BCUT2D eigenvalue weighted by Crippen LogP contribution is -2.52. The highest BCUT2D eigenvalue weighted by atomic mass is 16.3. The molecule has 1 aliphatic rings. The molecule has 0 aromatic carbocycles. The van der Waals surface area contributed by atoms with Crippen LogP contribution in [0.2, 0.25) is 0 Å². The fourth-order valence-electron chi connectivity index (χ4n) is 2.53. The molecule has 4 atom stereocenters. The fourth-order valence-corrected chi connectivity index (χ4v) is 2.53. The van der Waals surface area contributed by atoms with Gasteiger partial charge in [-0.15, -0.1) is 0 Å². The van der Waals surface area contributed by atoms with Crippen LogP contribution in [-0.2, 0) is 0 Å². The summed E-state index contributed by atoms with van der Waals surface area (Å²) >= 11 is 0. The Kier molecular flexibility index (Phi) is 5.03. The van der Waals surface area contributed by atoms with Crippen molar-refractivity contribution in [2.24, 2.45) is 5.92 Å². The van der Waals surface area contributed by atoms with Gasteiger partial charge in [-0.05, 0) is 33.2 Å². The normalized spacial score (nSPS) is 32.6. The molecule has 1 rings (SSSR count). The topological polar surface area (TPSA) is 35.5 Å². The Morgan fingerprint density at radius 1 is 1.47 bits per heavy atom. The minimum Gasteiger partial charge on any atom is -0.392 e. The van der Waals surface area contributed by atoms with Crippen LogP contribution in [0.1, 0.15) is 33.6 Å². The van der Waals surface area contributed by atoms with Crippen molar-refractivity contribution >= 4 is 0 Å². The minimum atomic E-state index is -0.228. The summed E-state index contributed by atoms with van der Waals surface area (Å²) < 4.78 is 0. The van der Waals surface area contributed by atoms with Crippen molar-refractivity contribution in [3.8, 4) is 0 Å². The number of nitrogens with zero attached hydrogens (tertiary/aromatic N) is 1. The lowest BCUT2D eigenvalue weighted by Gasteiger charge is -2.41. The summed E-state index contributed by atoms with van der Waals surface area (Å²) in [6.07, 6.45) is 2.19. The molecule has 2 N–H and O–H groups in total. The van der Waals surface area contributed by atoms with Gasteiger partial charge in [0.05, 0.1) is 6.10 Å². The summed E-state index contributed by atoms with van der Waals surface area (Å²) in [4.78, 5) is 2.42. The third-order valence-corrected chi connectivity index (χ3v) is 3.93. The van der Waals surface area contributed by atoms with Crippen LogP contribution in [0.5, 0.6) is 0 Å². The van der Waals surface area contributed by atoms with E-state index in [1.165, 1.54) is 12.8 Å². The monoisotopic (exact) mass is 214 g/mol. The number of hydrogen-bond donors (Lipinski definition) is 2. The van der Waals surface area contributed by atoms with Crippen LogP contribution >= 0.6 is 0 Å². The molecular formula is C12H26N2O. The second-order valence-electron chi connectivity index (χ2n) is 4.83. The van der Waals surface area contributed by atoms with E-state index in [0.717, 1.165) is 19.0 Å². The molecule has 1 saturated heterocycles. The van der Waals surface area contributed by atoms with Gasteiger partial charge in [0.2, 0.25) is 0 Å². The molecule has 1 aliphatic heterocycles. The van der Waals surface area contributed by atoms with E-state index in [0.29, 0.717) is 6.04 Å². The molecule has 3 heteroatoms. The zero-order valence-electron chi connectivity index (χ0n) is 10.5. The van der Waals surface area contributed by atoms with Gasteiger partial charge in [0.1, 0.15) is 0 Å². The maximum atomic E-state index is 9.60. The minimum absolute atomic E-state index is 0.228. The van der Waals surface area contributed by atoms with E-state index in [4.69, 9.17) is 0 Å². The summed E-state index contributed by atoms with van der Waals surface area (Å²) in [5, 5.41) is 13.0. The number of piperidine rings is 1. The highest BCUT2D eigenvalue weighted by Crippen LogP contribution is 2.22. The predicted octanol–water partition coefficient (Wildman–Crippen LogP) is 1.08. The zero-order valence-corrected chi connectivity index (χ0v) is 10.5. The van der Waals surface area contributed by atoms with Crippen molar-refractivity contribution in [2.75, 3.05) is 20.1 Å². The number of aliphatic hydroxyl groups excluding tert-OH is 1. The first kappa shape index (κ1) is 12.9. The number of hydrogen-bond acceptors (Lipinski definition) is 3. The van der Waals surface area contributed by atoms with Crippen molar-refractivity contribution in [1.29, 1.82) is 0 Å². The third-order valence-electron chi connectivity index (χ3n) is 3.93. The Labute approximate surface area is 93.9 Å². The average molecular weight is 214 g/mol. The van der Waals surface area contributed by atoms with Crippen molar-refractivity contribution in [3.05, 3.63) is 0 Å². The maximum absolute atomic E-state index is 9.60. The van der Waals surface area contributed by atoms with E-state index in [1.54, 1.807) is 0 Å². The first-order chi connectivity index (χ1) is 7.10. The van der Waals surface area contributed by atoms with E-state index < -0.39 is 0 Å². The number of likely N-dealkylation sites (tertiary alicyclic amines) is 1. The standard InChI is InChI=1S/C12H26N2O/c1-5-11-8-14(9(2)10(3)15)7-6-12(11)13-4/h9-13,15H,5-8H2,1-4H3. The van der Waals surface area contributed by atoms with Gasteiger partial charge in [-0.2, -0.15) is 0 Å². The van der Waals surface area contributed by atoms with Crippen molar-refractivity contribution in [2.45, 2.75) is 51.8 Å². The van der Waals surface area contributed by atoms with E-state index in [-0.39, 0.29) is 12.1 Å². The second kappa shape index (κ2) is 5.83. The van der Waals surface area contributed by atoms with E-state index >= 15 is 0 Å². The molecule has 0 aromatic heterocycles. The fraction of sp³-hybridized carbons (Fsp3) is 1.00. The Balaban J connectivity index is 2.52. The molecule has 0 radical (unpaired) electrons. The highest BCUT2D eigenvalue weighted by Gasteiger charge is 2.30. The predicted molar refractivity (Wildman–Crippen MR) is 64.0 cm³/mol. The lowest BCUT2D eigenvalue weighted by atomic mass is 9.89. The van der Waals surface area contributed by atoms with Gasteiger partial charge in [-0.25, -0.2) is 0 Å². The van der Waals surface area contributed by atoms with Crippen LogP contribution in [0.25, 0.3) is 0 Å². The molecule has 90 valence electrons. The number of rotatable bonds is 4. The van der Waals surface area contributed by atoms with Gasteiger partial charge < -0.3 is 10.4 Å². The third kappa shape index (κ3) is 3.16. The molecular weight excluding hydrogens is 188 g/mol. The molecule has 4 unspecified atom stereocenters. The summed E-state index contributed by atoms with van der Waals surface area (Å²) in [7, 11) is 2.06. The van der Waals surface area contributed by atoms with Gasteiger partial charge in [0, 0.05) is 25.2 Å². The number of nitrogens with one attached hydrogen (secondary N) is 1. The van der Waals surface area contributed by atoms with Crippen LogP contribution in [0.15, 0.2) is 0 Å². The Bertz CT molecular complexity index is 184. The van der Waals surface area contributed by atoms with E-state index in [1.807, 2.05) is 6.92 Å². The van der Waals surface area contributed by atoms with Crippen molar-refractivity contribution < 1.29 is 5.11 Å². The molecule has 15 heavy (non-hydrogen) atoms. The van der Waals surface area contributed by atoms with Crippen LogP contribution < -0.4 is 5.32 Å². The molecule has 0 bridgehead atoms. The lowest BCUT2D eigenvalue weighted by molar-refractivity contribution is 0.0328. The Morgan fingerprint density at radius 2 is 2.13 bits per heavy atom. The summed E-state index contributed by atoms with van der Waals surface area (Å²) in [6.45, 7) is 8.49. The first-order valence-corrected chi connectivity index (χ1v) is 6.19. The van der Waals surface area contributed by atoms with Crippen LogP contribution in [-0.4, -0.2) is 48.3 Å². The smallest absolute Gasteiger partial charge is 0.0664 e. The van der Waals surface area contributed by atoms with Gasteiger partial charge in [0.25, 0.3) is 0 Å². The summed E-state index contributed by atoms with van der Waals surface area (Å²) in [5.41, 5.74) is 0. The molecule has 0 saturated carbocycles. The summed E-state index contributed by atoms with van der Waals surface area (Å²) in [5.74, 6) is 0.727. The largest absolute Gasteiger partial charge is 0.392 e. The molecule has 0 aromatic rings. The Morgan fingerprint density at radius 3 is 2.60 bits per heavy atom. The van der Waals surface area contributed by atoms with Gasteiger partial charge in [-0.1, -0.05) is 13.3 Å². The van der Waals surface area contributed by atoms with Gasteiger partial charge in [0.15, 0.2) is 0 Å². The maximum Gasteiger partial charge on any atom is 0.0664 e. The first-order valence-electron chi connectivity index (χ1n) is 6.19. The molecule has 0 spiro atoms. The van der Waals surface area contributed by atoms with Crippen molar-refractivity contribution in [3.63, 3.8) is 0 Å². The average Bonchev–Trinajstić information content (AvgIpc) is 2.26. The Hall–Kier alpha value is -0.120. The highest BCUT2D eigenvalue weighted by molar-refractivity contribution is 4.86. The molecule has 1 fully saturated rings. The van der Waals surface area contributed by atoms with Crippen LogP contribution in [0.4, 0.5) is 0 Å². The zero-order chi connectivity index (χ0) is 11.4. The molecule has 1 heterocycles. The van der Waals surface area contributed by atoms with Crippen molar-refractivity contribution in [1.82, 2.24) is 10.2 Å². The SMILES string of the molecule is CCC1CN(C(C)C(C)O)CCC1NC.